The Balaban J connectivity index is 1.64. The predicted molar refractivity (Wildman–Crippen MR) is 144 cm³/mol. The summed E-state index contributed by atoms with van der Waals surface area (Å²) in [5.41, 5.74) is 3.94. The van der Waals surface area contributed by atoms with Gasteiger partial charge in [-0.15, -0.1) is 0 Å². The van der Waals surface area contributed by atoms with Crippen LogP contribution in [0.3, 0.4) is 0 Å². The van der Waals surface area contributed by atoms with E-state index in [4.69, 9.17) is 11.6 Å². The van der Waals surface area contributed by atoms with E-state index in [1.54, 1.807) is 48.3 Å². The summed E-state index contributed by atoms with van der Waals surface area (Å²) in [6.07, 6.45) is 2.66. The zero-order valence-corrected chi connectivity index (χ0v) is 21.3. The lowest BCUT2D eigenvalue weighted by Gasteiger charge is -2.17. The molecule has 4 N–H and O–H groups in total. The highest BCUT2D eigenvalue weighted by Crippen LogP contribution is 2.28. The molecule has 8 nitrogen and oxygen atoms in total. The fourth-order valence-corrected chi connectivity index (χ4v) is 4.35. The number of rotatable bonds is 9. The van der Waals surface area contributed by atoms with Gasteiger partial charge in [0.25, 0.3) is 11.5 Å². The Hall–Kier alpha value is -3.62. The molecule has 188 valence electrons. The number of nitrogens with zero attached hydrogens (tertiary/aromatic N) is 2. The summed E-state index contributed by atoms with van der Waals surface area (Å²) >= 11 is 6.04. The quantitative estimate of drug-likeness (QED) is 0.257. The minimum atomic E-state index is -0.827. The molecule has 1 atom stereocenters. The maximum Gasteiger partial charge on any atom is 0.261 e. The monoisotopic (exact) mass is 507 g/mol. The van der Waals surface area contributed by atoms with Gasteiger partial charge in [0.05, 0.1) is 22.8 Å². The number of benzene rings is 2. The Morgan fingerprint density at radius 1 is 1.25 bits per heavy atom. The molecule has 0 fully saturated rings. The summed E-state index contributed by atoms with van der Waals surface area (Å²) in [4.78, 5) is 38.0. The lowest BCUT2D eigenvalue weighted by Crippen LogP contribution is -2.27. The number of fused-ring (bicyclic) bond motifs is 1. The number of hydrogen-bond donors (Lipinski definition) is 4. The second-order valence-corrected chi connectivity index (χ2v) is 9.34. The number of hydrogen-bond acceptors (Lipinski definition) is 5. The van der Waals surface area contributed by atoms with Gasteiger partial charge in [0.2, 0.25) is 0 Å². The molecule has 0 bridgehead atoms. The van der Waals surface area contributed by atoms with Crippen LogP contribution in [0.4, 0.5) is 5.69 Å². The Morgan fingerprint density at radius 3 is 2.81 bits per heavy atom. The first-order valence-corrected chi connectivity index (χ1v) is 12.3. The zero-order chi connectivity index (χ0) is 25.8. The highest BCUT2D eigenvalue weighted by atomic mass is 35.5. The third-order valence-corrected chi connectivity index (χ3v) is 6.37. The molecule has 0 aliphatic carbocycles. The number of halogens is 1. The smallest absolute Gasteiger partial charge is 0.261 e. The van der Waals surface area contributed by atoms with Crippen molar-refractivity contribution in [3.8, 4) is 11.4 Å². The van der Waals surface area contributed by atoms with Gasteiger partial charge in [-0.3, -0.25) is 9.59 Å². The van der Waals surface area contributed by atoms with Crippen LogP contribution in [0.2, 0.25) is 5.02 Å². The van der Waals surface area contributed by atoms with Gasteiger partial charge >= 0.3 is 0 Å². The largest absolute Gasteiger partial charge is 0.387 e. The van der Waals surface area contributed by atoms with Crippen molar-refractivity contribution in [1.82, 2.24) is 19.9 Å². The number of carbonyl (C=O) groups is 1. The Kier molecular flexibility index (Phi) is 7.76. The van der Waals surface area contributed by atoms with Crippen molar-refractivity contribution >= 4 is 34.2 Å². The van der Waals surface area contributed by atoms with E-state index in [0.29, 0.717) is 50.8 Å². The van der Waals surface area contributed by atoms with Crippen LogP contribution >= 0.6 is 11.6 Å². The van der Waals surface area contributed by atoms with Crippen LogP contribution in [0, 0.1) is 6.92 Å². The Bertz CT molecular complexity index is 1450. The highest BCUT2D eigenvalue weighted by Gasteiger charge is 2.19. The lowest BCUT2D eigenvalue weighted by molar-refractivity contribution is 0.0793. The molecule has 0 spiro atoms. The summed E-state index contributed by atoms with van der Waals surface area (Å²) in [5.74, 6) is 0.318. The van der Waals surface area contributed by atoms with E-state index in [9.17, 15) is 14.7 Å². The lowest BCUT2D eigenvalue weighted by atomic mass is 10.1. The molecule has 4 rings (SSSR count). The van der Waals surface area contributed by atoms with Crippen molar-refractivity contribution in [1.29, 1.82) is 0 Å². The molecule has 2 heterocycles. The summed E-state index contributed by atoms with van der Waals surface area (Å²) < 4.78 is 0. The molecular formula is C27H30ClN5O3. The molecule has 0 aliphatic heterocycles. The number of imidazole rings is 1. The minimum absolute atomic E-state index is 0.0560. The van der Waals surface area contributed by atoms with Gasteiger partial charge in [-0.2, -0.15) is 0 Å². The van der Waals surface area contributed by atoms with Gasteiger partial charge < -0.3 is 25.3 Å². The fraction of sp³-hybridized carbons (Fsp3) is 0.296. The molecular weight excluding hydrogens is 478 g/mol. The topological polar surface area (TPSA) is 114 Å². The first-order valence-electron chi connectivity index (χ1n) is 11.9. The Labute approximate surface area is 214 Å². The predicted octanol–water partition coefficient (Wildman–Crippen LogP) is 4.90. The molecule has 0 radical (unpaired) electrons. The number of aliphatic hydroxyl groups excluding tert-OH is 1. The number of nitrogens with one attached hydrogen (secondary N) is 3. The number of aliphatic hydroxyl groups is 1. The number of pyridine rings is 1. The number of H-pyrrole nitrogens is 2. The van der Waals surface area contributed by atoms with Crippen molar-refractivity contribution in [3.63, 3.8) is 0 Å². The standard InChI is InChI=1S/C27H30ClN5O3/c1-4-5-11-33(3)27(36)18-12-16(2)24-21(14-18)31-25(32-24)23-20(9-10-29-26(23)35)30-15-22(34)17-7-6-8-19(28)13-17/h6-10,12-14,22,34H,4-5,11,15H2,1-3H3,(H,31,32)(H2,29,30,35). The summed E-state index contributed by atoms with van der Waals surface area (Å²) in [5, 5.41) is 14.3. The second-order valence-electron chi connectivity index (χ2n) is 8.90. The number of aryl methyl sites for hydroxylation is 1. The molecule has 9 heteroatoms. The molecule has 2 aromatic heterocycles. The highest BCUT2D eigenvalue weighted by molar-refractivity contribution is 6.30. The second kappa shape index (κ2) is 11.0. The van der Waals surface area contributed by atoms with Crippen molar-refractivity contribution in [2.24, 2.45) is 0 Å². The van der Waals surface area contributed by atoms with Crippen LogP contribution < -0.4 is 10.9 Å². The Morgan fingerprint density at radius 2 is 2.06 bits per heavy atom. The molecule has 36 heavy (non-hydrogen) atoms. The van der Waals surface area contributed by atoms with Crippen molar-refractivity contribution < 1.29 is 9.90 Å². The van der Waals surface area contributed by atoms with Gasteiger partial charge in [-0.25, -0.2) is 4.98 Å². The molecule has 0 saturated carbocycles. The number of anilines is 1. The van der Waals surface area contributed by atoms with E-state index in [0.717, 1.165) is 18.4 Å². The maximum atomic E-state index is 12.9. The molecule has 0 saturated heterocycles. The molecule has 4 aromatic rings. The van der Waals surface area contributed by atoms with Crippen LogP contribution in [0.5, 0.6) is 0 Å². The number of unbranched alkanes of at least 4 members (excludes halogenated alkanes) is 1. The zero-order valence-electron chi connectivity index (χ0n) is 20.6. The average Bonchev–Trinajstić information content (AvgIpc) is 3.29. The van der Waals surface area contributed by atoms with E-state index in [2.05, 4.69) is 27.2 Å². The molecule has 1 unspecified atom stereocenters. The van der Waals surface area contributed by atoms with E-state index >= 15 is 0 Å². The number of aromatic amines is 2. The minimum Gasteiger partial charge on any atom is -0.387 e. The van der Waals surface area contributed by atoms with Gasteiger partial charge in [-0.05, 0) is 54.8 Å². The van der Waals surface area contributed by atoms with Crippen molar-refractivity contribution in [3.05, 3.63) is 80.7 Å². The normalized spacial score (nSPS) is 12.0. The number of aromatic nitrogens is 3. The summed E-state index contributed by atoms with van der Waals surface area (Å²) in [6.45, 7) is 4.84. The molecule has 0 aliphatic rings. The first-order chi connectivity index (χ1) is 17.3. The third kappa shape index (κ3) is 5.45. The van der Waals surface area contributed by atoms with Crippen LogP contribution in [-0.2, 0) is 0 Å². The van der Waals surface area contributed by atoms with Gasteiger partial charge in [-0.1, -0.05) is 37.1 Å². The number of carbonyl (C=O) groups excluding carboxylic acids is 1. The van der Waals surface area contributed by atoms with Crippen LogP contribution in [-0.4, -0.2) is 51.0 Å². The van der Waals surface area contributed by atoms with Gasteiger partial charge in [0.15, 0.2) is 0 Å². The van der Waals surface area contributed by atoms with Crippen molar-refractivity contribution in [2.45, 2.75) is 32.8 Å². The molecule has 2 aromatic carbocycles. The number of amides is 1. The van der Waals surface area contributed by atoms with Crippen LogP contribution in [0.1, 0.15) is 47.4 Å². The van der Waals surface area contributed by atoms with Crippen LogP contribution in [0.15, 0.2) is 53.5 Å². The first kappa shape index (κ1) is 25.5. The van der Waals surface area contributed by atoms with E-state index in [1.807, 2.05) is 13.0 Å². The van der Waals surface area contributed by atoms with E-state index in [-0.39, 0.29) is 18.0 Å². The van der Waals surface area contributed by atoms with Crippen molar-refractivity contribution in [2.75, 3.05) is 25.5 Å². The maximum absolute atomic E-state index is 12.9. The van der Waals surface area contributed by atoms with Gasteiger partial charge in [0.1, 0.15) is 11.4 Å². The fourth-order valence-electron chi connectivity index (χ4n) is 4.15. The van der Waals surface area contributed by atoms with E-state index < -0.39 is 6.10 Å². The third-order valence-electron chi connectivity index (χ3n) is 6.13. The van der Waals surface area contributed by atoms with Crippen LogP contribution in [0.25, 0.3) is 22.4 Å². The summed E-state index contributed by atoms with van der Waals surface area (Å²) in [6, 6.07) is 12.3. The van der Waals surface area contributed by atoms with Gasteiger partial charge in [0, 0.05) is 36.9 Å². The summed E-state index contributed by atoms with van der Waals surface area (Å²) in [7, 11) is 1.80. The van der Waals surface area contributed by atoms with E-state index in [1.165, 1.54) is 6.20 Å². The average molecular weight is 508 g/mol. The molecule has 1 amide bonds. The SMILES string of the molecule is CCCCN(C)C(=O)c1cc(C)c2nc(-c3c(NCC(O)c4cccc(Cl)c4)cc[nH]c3=O)[nH]c2c1.